The second-order valence-corrected chi connectivity index (χ2v) is 10.3. The quantitative estimate of drug-likeness (QED) is 0.531. The third kappa shape index (κ3) is 5.84. The molecule has 142 valence electrons. The predicted molar refractivity (Wildman–Crippen MR) is 106 cm³/mol. The molecule has 2 atom stereocenters. The minimum Gasteiger partial charge on any atom is -0.393 e. The SMILES string of the molecule is Cc1ccc(S(=O)(=O)O[C@@H](C[C@@H](C)O)C(C)(C)Sc2ccccc2)cc1. The van der Waals surface area contributed by atoms with Crippen LogP contribution in [0.4, 0.5) is 0 Å². The van der Waals surface area contributed by atoms with E-state index in [9.17, 15) is 13.5 Å². The fourth-order valence-corrected chi connectivity index (χ4v) is 4.96. The molecule has 0 bridgehead atoms. The molecule has 0 saturated carbocycles. The van der Waals surface area contributed by atoms with Crippen LogP contribution in [0.15, 0.2) is 64.4 Å². The van der Waals surface area contributed by atoms with E-state index in [-0.39, 0.29) is 11.3 Å². The van der Waals surface area contributed by atoms with Crippen LogP contribution in [0, 0.1) is 6.92 Å². The van der Waals surface area contributed by atoms with Gasteiger partial charge in [-0.3, -0.25) is 4.18 Å². The van der Waals surface area contributed by atoms with Crippen LogP contribution in [0.5, 0.6) is 0 Å². The number of benzene rings is 2. The van der Waals surface area contributed by atoms with Gasteiger partial charge in [0.15, 0.2) is 0 Å². The minimum atomic E-state index is -3.92. The molecule has 0 aliphatic rings. The maximum Gasteiger partial charge on any atom is 0.297 e. The van der Waals surface area contributed by atoms with Gasteiger partial charge in [-0.25, -0.2) is 0 Å². The highest BCUT2D eigenvalue weighted by Gasteiger charge is 2.36. The predicted octanol–water partition coefficient (Wildman–Crippen LogP) is 4.41. The molecule has 0 saturated heterocycles. The second-order valence-electron chi connectivity index (χ2n) is 6.96. The highest BCUT2D eigenvalue weighted by atomic mass is 32.2. The average Bonchev–Trinajstić information content (AvgIpc) is 2.54. The number of rotatable bonds is 8. The summed E-state index contributed by atoms with van der Waals surface area (Å²) in [5.74, 6) is 0. The Hall–Kier alpha value is -1.34. The van der Waals surface area contributed by atoms with E-state index in [0.29, 0.717) is 0 Å². The maximum atomic E-state index is 12.7. The lowest BCUT2D eigenvalue weighted by Crippen LogP contribution is -2.39. The fraction of sp³-hybridized carbons (Fsp3) is 0.400. The van der Waals surface area contributed by atoms with Crippen molar-refractivity contribution in [2.45, 2.75) is 60.9 Å². The molecule has 0 aliphatic carbocycles. The van der Waals surface area contributed by atoms with Crippen LogP contribution >= 0.6 is 11.8 Å². The van der Waals surface area contributed by atoms with Crippen molar-refractivity contribution in [1.29, 1.82) is 0 Å². The van der Waals surface area contributed by atoms with Crippen molar-refractivity contribution in [2.24, 2.45) is 0 Å². The zero-order chi connectivity index (χ0) is 19.4. The van der Waals surface area contributed by atoms with Crippen molar-refractivity contribution in [3.63, 3.8) is 0 Å². The molecule has 0 radical (unpaired) electrons. The number of hydrogen-bond donors (Lipinski definition) is 1. The van der Waals surface area contributed by atoms with Gasteiger partial charge in [0.1, 0.15) is 0 Å². The van der Waals surface area contributed by atoms with Gasteiger partial charge in [-0.2, -0.15) is 8.42 Å². The van der Waals surface area contributed by atoms with Crippen molar-refractivity contribution in [3.05, 3.63) is 60.2 Å². The topological polar surface area (TPSA) is 63.6 Å². The summed E-state index contributed by atoms with van der Waals surface area (Å²) in [4.78, 5) is 1.14. The van der Waals surface area contributed by atoms with Crippen LogP contribution in [-0.4, -0.2) is 30.5 Å². The Morgan fingerprint density at radius 2 is 1.65 bits per heavy atom. The van der Waals surface area contributed by atoms with E-state index in [1.807, 2.05) is 51.1 Å². The zero-order valence-corrected chi connectivity index (χ0v) is 17.2. The first-order chi connectivity index (χ1) is 12.1. The molecule has 26 heavy (non-hydrogen) atoms. The Morgan fingerprint density at radius 1 is 1.08 bits per heavy atom. The Labute approximate surface area is 160 Å². The van der Waals surface area contributed by atoms with Gasteiger partial charge in [-0.15, -0.1) is 11.8 Å². The third-order valence-corrected chi connectivity index (χ3v) is 6.64. The highest BCUT2D eigenvalue weighted by Crippen LogP contribution is 2.39. The van der Waals surface area contributed by atoms with Gasteiger partial charge in [0, 0.05) is 16.1 Å². The molecule has 0 heterocycles. The van der Waals surface area contributed by atoms with Crippen LogP contribution in [0.1, 0.15) is 32.8 Å². The lowest BCUT2D eigenvalue weighted by Gasteiger charge is -2.34. The number of aliphatic hydroxyl groups excluding tert-OH is 1. The molecule has 6 heteroatoms. The van der Waals surface area contributed by atoms with Gasteiger partial charge in [0.2, 0.25) is 0 Å². The second kappa shape index (κ2) is 8.57. The molecule has 2 aromatic carbocycles. The summed E-state index contributed by atoms with van der Waals surface area (Å²) in [6, 6.07) is 16.3. The van der Waals surface area contributed by atoms with E-state index >= 15 is 0 Å². The molecule has 4 nitrogen and oxygen atoms in total. The molecular weight excluding hydrogens is 368 g/mol. The molecule has 1 N–H and O–H groups in total. The largest absolute Gasteiger partial charge is 0.393 e. The lowest BCUT2D eigenvalue weighted by molar-refractivity contribution is 0.0927. The number of aryl methyl sites for hydroxylation is 1. The monoisotopic (exact) mass is 394 g/mol. The van der Waals surface area contributed by atoms with Crippen molar-refractivity contribution in [2.75, 3.05) is 0 Å². The van der Waals surface area contributed by atoms with Crippen molar-refractivity contribution < 1.29 is 17.7 Å². The summed E-state index contributed by atoms with van der Waals surface area (Å²) in [6.07, 6.45) is -1.14. The Morgan fingerprint density at radius 3 is 2.19 bits per heavy atom. The molecule has 0 unspecified atom stereocenters. The molecule has 0 aromatic heterocycles. The zero-order valence-electron chi connectivity index (χ0n) is 15.5. The number of hydrogen-bond acceptors (Lipinski definition) is 5. The van der Waals surface area contributed by atoms with E-state index < -0.39 is 27.1 Å². The van der Waals surface area contributed by atoms with Crippen LogP contribution in [0.2, 0.25) is 0 Å². The molecule has 2 rings (SSSR count). The van der Waals surface area contributed by atoms with E-state index in [1.54, 1.807) is 31.2 Å². The van der Waals surface area contributed by atoms with Gasteiger partial charge >= 0.3 is 0 Å². The van der Waals surface area contributed by atoms with Gasteiger partial charge in [-0.05, 0) is 52.0 Å². The smallest absolute Gasteiger partial charge is 0.297 e. The third-order valence-electron chi connectivity index (χ3n) is 4.01. The Balaban J connectivity index is 2.27. The summed E-state index contributed by atoms with van der Waals surface area (Å²) in [7, 11) is -3.92. The first-order valence-corrected chi connectivity index (χ1v) is 10.7. The molecule has 2 aromatic rings. The van der Waals surface area contributed by atoms with Crippen molar-refractivity contribution >= 4 is 21.9 Å². The number of aliphatic hydroxyl groups is 1. The maximum absolute atomic E-state index is 12.7. The Kier molecular flexibility index (Phi) is 6.91. The average molecular weight is 395 g/mol. The van der Waals surface area contributed by atoms with E-state index in [0.717, 1.165) is 10.5 Å². The molecule has 0 aliphatic heterocycles. The Bertz CT molecular complexity index is 797. The molecule has 0 spiro atoms. The summed E-state index contributed by atoms with van der Waals surface area (Å²) in [5.41, 5.74) is 0.976. The normalized spacial score (nSPS) is 14.8. The van der Waals surface area contributed by atoms with Crippen LogP contribution in [0.25, 0.3) is 0 Å². The van der Waals surface area contributed by atoms with E-state index in [2.05, 4.69) is 0 Å². The first kappa shape index (κ1) is 21.0. The van der Waals surface area contributed by atoms with Gasteiger partial charge < -0.3 is 5.11 Å². The van der Waals surface area contributed by atoms with Crippen LogP contribution < -0.4 is 0 Å². The molecule has 0 amide bonds. The van der Waals surface area contributed by atoms with Gasteiger partial charge in [0.05, 0.1) is 17.1 Å². The van der Waals surface area contributed by atoms with Crippen molar-refractivity contribution in [1.82, 2.24) is 0 Å². The summed E-state index contributed by atoms with van der Waals surface area (Å²) in [5, 5.41) is 9.87. The standard InChI is InChI=1S/C20H26O4S2/c1-15-10-12-18(13-11-15)26(22,23)24-19(14-16(2)21)20(3,4)25-17-8-6-5-7-9-17/h5-13,16,19,21H,14H2,1-4H3/t16-,19+/m1/s1. The van der Waals surface area contributed by atoms with E-state index in [4.69, 9.17) is 4.18 Å². The first-order valence-electron chi connectivity index (χ1n) is 8.52. The fourth-order valence-electron chi connectivity index (χ4n) is 2.52. The molecular formula is C20H26O4S2. The minimum absolute atomic E-state index is 0.124. The number of thioether (sulfide) groups is 1. The van der Waals surface area contributed by atoms with Gasteiger partial charge in [0.25, 0.3) is 10.1 Å². The summed E-state index contributed by atoms with van der Waals surface area (Å²) in [6.45, 7) is 7.40. The van der Waals surface area contributed by atoms with Crippen LogP contribution in [0.3, 0.4) is 0 Å². The lowest BCUT2D eigenvalue weighted by atomic mass is 10.0. The van der Waals surface area contributed by atoms with E-state index in [1.165, 1.54) is 11.8 Å². The summed E-state index contributed by atoms with van der Waals surface area (Å²) < 4.78 is 30.5. The van der Waals surface area contributed by atoms with Crippen molar-refractivity contribution in [3.8, 4) is 0 Å². The van der Waals surface area contributed by atoms with Crippen LogP contribution in [-0.2, 0) is 14.3 Å². The van der Waals surface area contributed by atoms with Gasteiger partial charge in [-0.1, -0.05) is 35.9 Å². The molecule has 0 fully saturated rings. The summed E-state index contributed by atoms with van der Waals surface area (Å²) >= 11 is 1.53. The highest BCUT2D eigenvalue weighted by molar-refractivity contribution is 8.00.